The van der Waals surface area contributed by atoms with Crippen LogP contribution in [0.15, 0.2) is 90.2 Å². The Balaban J connectivity index is 1.57. The number of carboxylic acid groups (broad SMARTS) is 2. The van der Waals surface area contributed by atoms with Crippen molar-refractivity contribution in [3.63, 3.8) is 0 Å². The van der Waals surface area contributed by atoms with Crippen molar-refractivity contribution < 1.29 is 29.1 Å². The summed E-state index contributed by atoms with van der Waals surface area (Å²) in [4.78, 5) is 26.3. The van der Waals surface area contributed by atoms with E-state index in [1.807, 2.05) is 36.4 Å². The van der Waals surface area contributed by atoms with E-state index >= 15 is 0 Å². The van der Waals surface area contributed by atoms with E-state index in [1.54, 1.807) is 7.11 Å². The van der Waals surface area contributed by atoms with E-state index in [1.165, 1.54) is 82.6 Å². The Kier molecular flexibility index (Phi) is 18.7. The lowest BCUT2D eigenvalue weighted by molar-refractivity contribution is -0.436. The lowest BCUT2D eigenvalue weighted by atomic mass is 9.71. The normalized spacial score (nSPS) is 16.0. The zero-order valence-corrected chi connectivity index (χ0v) is 39.0. The first-order chi connectivity index (χ1) is 30.5. The molecule has 0 atom stereocenters. The zero-order valence-electron chi connectivity index (χ0n) is 39.0. The van der Waals surface area contributed by atoms with Gasteiger partial charge in [0.1, 0.15) is 12.2 Å². The Labute approximate surface area is 378 Å². The van der Waals surface area contributed by atoms with Gasteiger partial charge in [-0.25, -0.2) is 0 Å². The van der Waals surface area contributed by atoms with Crippen LogP contribution in [0.25, 0.3) is 10.8 Å². The molecule has 0 radical (unpaired) electrons. The van der Waals surface area contributed by atoms with Crippen LogP contribution in [-0.2, 0) is 20.4 Å². The second-order valence-electron chi connectivity index (χ2n) is 18.3. The molecule has 338 valence electrons. The molecule has 0 bridgehead atoms. The van der Waals surface area contributed by atoms with E-state index in [-0.39, 0.29) is 18.3 Å². The number of benzene rings is 3. The van der Waals surface area contributed by atoms with Gasteiger partial charge in [0.15, 0.2) is 12.3 Å². The van der Waals surface area contributed by atoms with Crippen molar-refractivity contribution in [2.24, 2.45) is 0 Å². The van der Waals surface area contributed by atoms with Gasteiger partial charge in [0.2, 0.25) is 5.69 Å². The lowest BCUT2D eigenvalue weighted by Gasteiger charge is -2.34. The molecule has 0 aliphatic carbocycles. The molecule has 0 amide bonds. The van der Waals surface area contributed by atoms with Gasteiger partial charge in [0, 0.05) is 41.1 Å². The fourth-order valence-corrected chi connectivity index (χ4v) is 10.2. The maximum Gasteiger partial charge on any atom is 0.309 e. The van der Waals surface area contributed by atoms with Crippen LogP contribution in [0.3, 0.4) is 0 Å². The fraction of sp³-hybridized carbons (Fsp3) is 0.527. The molecule has 3 aromatic rings. The Morgan fingerprint density at radius 3 is 1.98 bits per heavy atom. The summed E-state index contributed by atoms with van der Waals surface area (Å²) in [6.07, 6.45) is 29.1. The Morgan fingerprint density at radius 1 is 0.794 bits per heavy atom. The highest BCUT2D eigenvalue weighted by molar-refractivity contribution is 6.07. The van der Waals surface area contributed by atoms with Crippen molar-refractivity contribution in [2.75, 3.05) is 25.1 Å². The van der Waals surface area contributed by atoms with Gasteiger partial charge in [-0.15, -0.1) is 0 Å². The zero-order chi connectivity index (χ0) is 45.2. The molecule has 0 aromatic heterocycles. The number of aliphatic carboxylic acids is 2. The number of ether oxygens (including phenoxy) is 1. The van der Waals surface area contributed by atoms with Crippen LogP contribution in [-0.4, -0.2) is 52.6 Å². The van der Waals surface area contributed by atoms with Crippen LogP contribution in [0.1, 0.15) is 167 Å². The highest BCUT2D eigenvalue weighted by Gasteiger charge is 2.47. The minimum Gasteiger partial charge on any atom is -0.497 e. The molecule has 2 aliphatic rings. The minimum absolute atomic E-state index is 0.0159. The molecule has 8 nitrogen and oxygen atoms in total. The number of fused-ring (bicyclic) bond motifs is 4. The molecule has 2 heterocycles. The van der Waals surface area contributed by atoms with Crippen LogP contribution in [0.4, 0.5) is 11.4 Å². The molecule has 2 aliphatic heterocycles. The first-order valence-corrected chi connectivity index (χ1v) is 24.1. The van der Waals surface area contributed by atoms with Gasteiger partial charge >= 0.3 is 11.9 Å². The largest absolute Gasteiger partial charge is 0.497 e. The van der Waals surface area contributed by atoms with E-state index in [9.17, 15) is 25.1 Å². The fourth-order valence-electron chi connectivity index (χ4n) is 10.2. The van der Waals surface area contributed by atoms with Crippen molar-refractivity contribution in [3.05, 3.63) is 101 Å². The average Bonchev–Trinajstić information content (AvgIpc) is 3.66. The minimum atomic E-state index is -0.861. The number of carboxylic acids is 2. The summed E-state index contributed by atoms with van der Waals surface area (Å²) in [5.74, 6) is -0.917. The first-order valence-electron chi connectivity index (χ1n) is 24.1. The van der Waals surface area contributed by atoms with Crippen LogP contribution in [0.2, 0.25) is 0 Å². The third-order valence-electron chi connectivity index (χ3n) is 13.5. The van der Waals surface area contributed by atoms with Gasteiger partial charge < -0.3 is 19.8 Å². The predicted octanol–water partition coefficient (Wildman–Crippen LogP) is 13.9. The van der Waals surface area contributed by atoms with E-state index < -0.39 is 17.4 Å². The van der Waals surface area contributed by atoms with Crippen molar-refractivity contribution in [2.45, 2.75) is 167 Å². The van der Waals surface area contributed by atoms with Gasteiger partial charge in [0.05, 0.1) is 30.6 Å². The first kappa shape index (κ1) is 48.9. The maximum atomic E-state index is 12.2. The molecule has 3 aromatic carbocycles. The quantitative estimate of drug-likeness (QED) is 0.0323. The van der Waals surface area contributed by atoms with Gasteiger partial charge in [0.25, 0.3) is 0 Å². The molecule has 2 N–H and O–H groups in total. The molecule has 0 saturated heterocycles. The summed E-state index contributed by atoms with van der Waals surface area (Å²) in [5, 5.41) is 32.7. The number of hydrogen-bond acceptors (Lipinski definition) is 5. The number of allylic oxidation sites excluding steroid dienone is 6. The van der Waals surface area contributed by atoms with Crippen LogP contribution in [0.5, 0.6) is 5.75 Å². The molecule has 8 heteroatoms. The Hall–Kier alpha value is -5.16. The van der Waals surface area contributed by atoms with Crippen molar-refractivity contribution in [3.8, 4) is 11.8 Å². The number of unbranched alkanes of at least 4 members (excludes halogenated alkanes) is 14. The number of rotatable bonds is 28. The molecule has 63 heavy (non-hydrogen) atoms. The molecule has 0 fully saturated rings. The second kappa shape index (κ2) is 24.1. The summed E-state index contributed by atoms with van der Waals surface area (Å²) in [6.45, 7) is 9.48. The number of nitriles is 1. The molecule has 0 saturated carbocycles. The summed E-state index contributed by atoms with van der Waals surface area (Å²) in [7, 11) is 1.70. The smallest absolute Gasteiger partial charge is 0.309 e. The van der Waals surface area contributed by atoms with Gasteiger partial charge in [-0.05, 0) is 85.5 Å². The van der Waals surface area contributed by atoms with Gasteiger partial charge in [-0.3, -0.25) is 9.59 Å². The van der Waals surface area contributed by atoms with Crippen molar-refractivity contribution in [1.29, 1.82) is 5.26 Å². The standard InChI is InChI=1S/C55H73N3O5/c1-6-8-10-12-14-16-18-22-36-55(37-23-19-17-15-13-11-9-7-2)46-40-44(63-5)29-31-47(46)57(38-34-51(59)60)50(55)33-27-42(41-56)26-32-49-54(3,4)53-45-25-21-20-24-43(45)28-30-48(53)58(49)39-35-52(61)62/h20-21,24-33,40H,6-19,22-23,34-39H2,1-5H3,(H-,59,60,61,62)/p+1. The molecule has 0 spiro atoms. The van der Waals surface area contributed by atoms with Crippen LogP contribution >= 0.6 is 0 Å². The third-order valence-corrected chi connectivity index (χ3v) is 13.5. The lowest BCUT2D eigenvalue weighted by Crippen LogP contribution is -2.32. The number of nitrogens with zero attached hydrogens (tertiary/aromatic N) is 3. The predicted molar refractivity (Wildman–Crippen MR) is 259 cm³/mol. The van der Waals surface area contributed by atoms with E-state index in [4.69, 9.17) is 4.74 Å². The van der Waals surface area contributed by atoms with Crippen molar-refractivity contribution in [1.82, 2.24) is 0 Å². The van der Waals surface area contributed by atoms with E-state index in [0.29, 0.717) is 18.7 Å². The molecular weight excluding hydrogens is 783 g/mol. The topological polar surface area (TPSA) is 114 Å². The summed E-state index contributed by atoms with van der Waals surface area (Å²) < 4.78 is 7.95. The maximum absolute atomic E-state index is 12.2. The van der Waals surface area contributed by atoms with E-state index in [0.717, 1.165) is 83.4 Å². The Bertz CT molecular complexity index is 2170. The SMILES string of the molecule is CCCCCCCCCCC1(CCCCCCCCCC)C(=CC=C(C#N)C=CC2=[N+](CCC(=O)O)c3ccc4ccccc4c3C2(C)C)N(CCC(=O)O)c2ccc(OC)cc21. The molecule has 5 rings (SSSR count). The number of carbonyl (C=O) groups is 2. The third kappa shape index (κ3) is 12.3. The van der Waals surface area contributed by atoms with Crippen molar-refractivity contribution >= 4 is 39.8 Å². The number of methoxy groups -OCH3 is 1. The summed E-state index contributed by atoms with van der Waals surface area (Å²) in [5.41, 5.74) is 5.95. The Morgan fingerprint density at radius 2 is 1.40 bits per heavy atom. The highest BCUT2D eigenvalue weighted by Crippen LogP contribution is 2.55. The van der Waals surface area contributed by atoms with Gasteiger partial charge in [-0.1, -0.05) is 141 Å². The van der Waals surface area contributed by atoms with Crippen LogP contribution < -0.4 is 9.64 Å². The average molecular weight is 857 g/mol. The van der Waals surface area contributed by atoms with Crippen LogP contribution in [0, 0.1) is 11.3 Å². The van der Waals surface area contributed by atoms with E-state index in [2.05, 4.69) is 85.7 Å². The summed E-state index contributed by atoms with van der Waals surface area (Å²) in [6, 6.07) is 21.2. The molecular formula is C55H74N3O5+. The monoisotopic (exact) mass is 857 g/mol. The highest BCUT2D eigenvalue weighted by atomic mass is 16.5. The molecule has 0 unspecified atom stereocenters. The second-order valence-corrected chi connectivity index (χ2v) is 18.3. The summed E-state index contributed by atoms with van der Waals surface area (Å²) >= 11 is 0. The number of anilines is 1. The van der Waals surface area contributed by atoms with Gasteiger partial charge in [-0.2, -0.15) is 9.84 Å². The number of hydrogen-bond donors (Lipinski definition) is 2.